The molecule has 0 amide bonds. The van der Waals surface area contributed by atoms with E-state index in [0.29, 0.717) is 30.9 Å². The first kappa shape index (κ1) is 16.9. The standard InChI is InChI=1S/C16H23F3N2O/c1-11(2)22-15-6-5-14(20)8-12(15)9-21-7-3-4-13(10-21)16(17,18)19/h5-6,8,11,13H,3-4,7,9-10,20H2,1-2H3. The quantitative estimate of drug-likeness (QED) is 0.858. The van der Waals surface area contributed by atoms with Crippen molar-refractivity contribution in [1.29, 1.82) is 0 Å². The minimum atomic E-state index is -4.12. The monoisotopic (exact) mass is 316 g/mol. The molecule has 1 aromatic rings. The second kappa shape index (κ2) is 6.77. The smallest absolute Gasteiger partial charge is 0.393 e. The maximum absolute atomic E-state index is 12.9. The summed E-state index contributed by atoms with van der Waals surface area (Å²) in [5.74, 6) is -0.546. The fourth-order valence-electron chi connectivity index (χ4n) is 2.80. The van der Waals surface area contributed by atoms with Crippen molar-refractivity contribution >= 4 is 5.69 Å². The van der Waals surface area contributed by atoms with Crippen molar-refractivity contribution in [1.82, 2.24) is 4.90 Å². The zero-order valence-corrected chi connectivity index (χ0v) is 13.0. The van der Waals surface area contributed by atoms with E-state index in [9.17, 15) is 13.2 Å². The van der Waals surface area contributed by atoms with Gasteiger partial charge in [0.1, 0.15) is 5.75 Å². The Balaban J connectivity index is 2.11. The minimum absolute atomic E-state index is 0.00616. The van der Waals surface area contributed by atoms with Gasteiger partial charge in [0.25, 0.3) is 0 Å². The number of ether oxygens (including phenoxy) is 1. The first-order chi connectivity index (χ1) is 10.3. The first-order valence-electron chi connectivity index (χ1n) is 7.60. The van der Waals surface area contributed by atoms with E-state index in [1.165, 1.54) is 0 Å². The highest BCUT2D eigenvalue weighted by molar-refractivity contribution is 5.48. The molecule has 0 saturated carbocycles. The van der Waals surface area contributed by atoms with E-state index >= 15 is 0 Å². The predicted molar refractivity (Wildman–Crippen MR) is 80.7 cm³/mol. The van der Waals surface area contributed by atoms with Gasteiger partial charge in [0.2, 0.25) is 0 Å². The zero-order valence-electron chi connectivity index (χ0n) is 13.0. The number of nitrogens with zero attached hydrogens (tertiary/aromatic N) is 1. The Kier molecular flexibility index (Phi) is 5.21. The van der Waals surface area contributed by atoms with Gasteiger partial charge in [-0.05, 0) is 51.4 Å². The fourth-order valence-corrected chi connectivity index (χ4v) is 2.80. The van der Waals surface area contributed by atoms with E-state index in [1.54, 1.807) is 18.2 Å². The molecule has 3 nitrogen and oxygen atoms in total. The van der Waals surface area contributed by atoms with Crippen molar-refractivity contribution in [3.8, 4) is 5.75 Å². The number of hydrogen-bond acceptors (Lipinski definition) is 3. The van der Waals surface area contributed by atoms with Gasteiger partial charge in [0, 0.05) is 24.3 Å². The molecule has 22 heavy (non-hydrogen) atoms. The van der Waals surface area contributed by atoms with Gasteiger partial charge in [-0.15, -0.1) is 0 Å². The average Bonchev–Trinajstić information content (AvgIpc) is 2.41. The van der Waals surface area contributed by atoms with Gasteiger partial charge in [-0.25, -0.2) is 0 Å². The molecule has 1 atom stereocenters. The third kappa shape index (κ3) is 4.53. The molecule has 0 radical (unpaired) electrons. The largest absolute Gasteiger partial charge is 0.491 e. The van der Waals surface area contributed by atoms with Crippen LogP contribution in [0.4, 0.5) is 18.9 Å². The molecule has 1 heterocycles. The molecule has 1 fully saturated rings. The summed E-state index contributed by atoms with van der Waals surface area (Å²) in [6, 6.07) is 5.32. The number of benzene rings is 1. The van der Waals surface area contributed by atoms with Crippen LogP contribution in [0.1, 0.15) is 32.3 Å². The number of hydrogen-bond donors (Lipinski definition) is 1. The van der Waals surface area contributed by atoms with Crippen LogP contribution in [-0.4, -0.2) is 30.3 Å². The lowest BCUT2D eigenvalue weighted by Crippen LogP contribution is -2.41. The summed E-state index contributed by atoms with van der Waals surface area (Å²) in [5, 5.41) is 0. The third-order valence-electron chi connectivity index (χ3n) is 3.81. The summed E-state index contributed by atoms with van der Waals surface area (Å²) in [6.45, 7) is 4.98. The summed E-state index contributed by atoms with van der Waals surface area (Å²) in [7, 11) is 0. The van der Waals surface area contributed by atoms with Crippen LogP contribution < -0.4 is 10.5 Å². The molecular weight excluding hydrogens is 293 g/mol. The number of piperidine rings is 1. The van der Waals surface area contributed by atoms with Crippen LogP contribution in [-0.2, 0) is 6.54 Å². The number of nitrogen functional groups attached to an aromatic ring is 1. The molecule has 1 aromatic carbocycles. The molecule has 0 aromatic heterocycles. The van der Waals surface area contributed by atoms with Crippen molar-refractivity contribution in [2.75, 3.05) is 18.8 Å². The fraction of sp³-hybridized carbons (Fsp3) is 0.625. The van der Waals surface area contributed by atoms with Crippen molar-refractivity contribution in [2.24, 2.45) is 5.92 Å². The number of nitrogens with two attached hydrogens (primary N) is 1. The molecule has 124 valence electrons. The molecule has 1 aliphatic rings. The lowest BCUT2D eigenvalue weighted by Gasteiger charge is -2.34. The van der Waals surface area contributed by atoms with Gasteiger partial charge in [-0.1, -0.05) is 0 Å². The van der Waals surface area contributed by atoms with Crippen LogP contribution in [0, 0.1) is 5.92 Å². The zero-order chi connectivity index (χ0) is 16.3. The minimum Gasteiger partial charge on any atom is -0.491 e. The van der Waals surface area contributed by atoms with Gasteiger partial charge >= 0.3 is 6.18 Å². The molecule has 1 saturated heterocycles. The number of alkyl halides is 3. The number of rotatable bonds is 4. The van der Waals surface area contributed by atoms with E-state index in [1.807, 2.05) is 18.7 Å². The Morgan fingerprint density at radius 2 is 2.09 bits per heavy atom. The summed E-state index contributed by atoms with van der Waals surface area (Å²) in [5.41, 5.74) is 7.24. The second-order valence-corrected chi connectivity index (χ2v) is 6.15. The number of likely N-dealkylation sites (tertiary alicyclic amines) is 1. The van der Waals surface area contributed by atoms with Gasteiger partial charge in [0.15, 0.2) is 0 Å². The number of anilines is 1. The van der Waals surface area contributed by atoms with Gasteiger partial charge in [0.05, 0.1) is 12.0 Å². The van der Waals surface area contributed by atoms with E-state index in [2.05, 4.69) is 0 Å². The highest BCUT2D eigenvalue weighted by Gasteiger charge is 2.41. The lowest BCUT2D eigenvalue weighted by molar-refractivity contribution is -0.187. The molecule has 0 aliphatic carbocycles. The van der Waals surface area contributed by atoms with Crippen molar-refractivity contribution in [2.45, 2.75) is 45.5 Å². The maximum Gasteiger partial charge on any atom is 0.393 e. The number of halogens is 3. The second-order valence-electron chi connectivity index (χ2n) is 6.15. The van der Waals surface area contributed by atoms with Crippen LogP contribution in [0.3, 0.4) is 0 Å². The van der Waals surface area contributed by atoms with Gasteiger partial charge in [-0.2, -0.15) is 13.2 Å². The maximum atomic E-state index is 12.9. The topological polar surface area (TPSA) is 38.5 Å². The normalized spacial score (nSPS) is 20.4. The van der Waals surface area contributed by atoms with Crippen molar-refractivity contribution < 1.29 is 17.9 Å². The van der Waals surface area contributed by atoms with E-state index in [0.717, 1.165) is 5.56 Å². The molecule has 0 spiro atoms. The molecule has 6 heteroatoms. The Morgan fingerprint density at radius 3 is 2.73 bits per heavy atom. The highest BCUT2D eigenvalue weighted by Crippen LogP contribution is 2.34. The summed E-state index contributed by atoms with van der Waals surface area (Å²) < 4.78 is 44.4. The van der Waals surface area contributed by atoms with Crippen molar-refractivity contribution in [3.05, 3.63) is 23.8 Å². The lowest BCUT2D eigenvalue weighted by atomic mass is 9.97. The van der Waals surface area contributed by atoms with Gasteiger partial charge in [-0.3, -0.25) is 4.90 Å². The SMILES string of the molecule is CC(C)Oc1ccc(N)cc1CN1CCCC(C(F)(F)F)C1. The van der Waals surface area contributed by atoms with Crippen LogP contribution in [0.25, 0.3) is 0 Å². The average molecular weight is 316 g/mol. The molecule has 0 bridgehead atoms. The molecule has 1 aliphatic heterocycles. The molecule has 2 rings (SSSR count). The van der Waals surface area contributed by atoms with Crippen LogP contribution in [0.2, 0.25) is 0 Å². The van der Waals surface area contributed by atoms with Crippen LogP contribution in [0.5, 0.6) is 5.75 Å². The molecule has 2 N–H and O–H groups in total. The summed E-state index contributed by atoms with van der Waals surface area (Å²) in [4.78, 5) is 1.84. The van der Waals surface area contributed by atoms with Crippen LogP contribution >= 0.6 is 0 Å². The van der Waals surface area contributed by atoms with E-state index in [4.69, 9.17) is 10.5 Å². The van der Waals surface area contributed by atoms with E-state index < -0.39 is 12.1 Å². The van der Waals surface area contributed by atoms with E-state index in [-0.39, 0.29) is 19.1 Å². The Labute approximate surface area is 129 Å². The molecular formula is C16H23F3N2O. The Bertz CT molecular complexity index is 503. The summed E-state index contributed by atoms with van der Waals surface area (Å²) >= 11 is 0. The Hall–Kier alpha value is -1.43. The van der Waals surface area contributed by atoms with Crippen LogP contribution in [0.15, 0.2) is 18.2 Å². The van der Waals surface area contributed by atoms with Crippen molar-refractivity contribution in [3.63, 3.8) is 0 Å². The predicted octanol–water partition coefficient (Wildman–Crippen LogP) is 3.83. The first-order valence-corrected chi connectivity index (χ1v) is 7.60. The third-order valence-corrected chi connectivity index (χ3v) is 3.81. The Morgan fingerprint density at radius 1 is 1.36 bits per heavy atom. The highest BCUT2D eigenvalue weighted by atomic mass is 19.4. The summed E-state index contributed by atoms with van der Waals surface area (Å²) in [6.07, 6.45) is -3.34. The molecule has 1 unspecified atom stereocenters. The van der Waals surface area contributed by atoms with Gasteiger partial charge < -0.3 is 10.5 Å².